The minimum atomic E-state index is -0.588. The normalized spacial score (nSPS) is 9.75. The number of ether oxygens (including phenoxy) is 2. The van der Waals surface area contributed by atoms with Gasteiger partial charge in [0.1, 0.15) is 12.3 Å². The highest BCUT2D eigenvalue weighted by molar-refractivity contribution is 5.98. The Labute approximate surface area is 115 Å². The number of nitrogens with zero attached hydrogens (tertiary/aromatic N) is 2. The zero-order chi connectivity index (χ0) is 15.3. The molecule has 0 bridgehead atoms. The van der Waals surface area contributed by atoms with Gasteiger partial charge >= 0.3 is 5.97 Å². The standard InChI is InChI=1S/C12H14N2O6/c1-13(7-11(15)20-3)12(16)9-5-4-8(14(17)18)6-10(9)19-2/h4-6H,7H2,1-3H3. The number of hydrogen-bond donors (Lipinski definition) is 0. The van der Waals surface area contributed by atoms with Gasteiger partial charge in [-0.3, -0.25) is 19.7 Å². The first-order chi connectivity index (χ1) is 9.40. The zero-order valence-electron chi connectivity index (χ0n) is 11.3. The maximum atomic E-state index is 12.1. The van der Waals surface area contributed by atoms with Crippen molar-refractivity contribution >= 4 is 17.6 Å². The molecule has 0 aliphatic rings. The largest absolute Gasteiger partial charge is 0.496 e. The van der Waals surface area contributed by atoms with Crippen LogP contribution in [0, 0.1) is 10.1 Å². The number of hydrogen-bond acceptors (Lipinski definition) is 6. The van der Waals surface area contributed by atoms with Crippen LogP contribution in [0.25, 0.3) is 0 Å². The van der Waals surface area contributed by atoms with Crippen LogP contribution in [0.5, 0.6) is 5.75 Å². The van der Waals surface area contributed by atoms with Crippen molar-refractivity contribution < 1.29 is 24.0 Å². The summed E-state index contributed by atoms with van der Waals surface area (Å²) in [6, 6.07) is 3.63. The van der Waals surface area contributed by atoms with Crippen LogP contribution in [0.4, 0.5) is 5.69 Å². The smallest absolute Gasteiger partial charge is 0.325 e. The molecule has 0 fully saturated rings. The molecule has 0 saturated heterocycles. The van der Waals surface area contributed by atoms with E-state index in [-0.39, 0.29) is 23.5 Å². The molecule has 0 aliphatic carbocycles. The van der Waals surface area contributed by atoms with Crippen LogP contribution in [-0.2, 0) is 9.53 Å². The second-order valence-electron chi connectivity index (χ2n) is 3.88. The monoisotopic (exact) mass is 282 g/mol. The number of likely N-dealkylation sites (N-methyl/N-ethyl adjacent to an activating group) is 1. The van der Waals surface area contributed by atoms with E-state index in [1.54, 1.807) is 0 Å². The van der Waals surface area contributed by atoms with E-state index in [1.165, 1.54) is 33.4 Å². The molecule has 0 radical (unpaired) electrons. The third-order valence-corrected chi connectivity index (χ3v) is 2.57. The van der Waals surface area contributed by atoms with Gasteiger partial charge in [-0.05, 0) is 6.07 Å². The lowest BCUT2D eigenvalue weighted by Gasteiger charge is -2.17. The molecule has 8 heteroatoms. The Balaban J connectivity index is 3.03. The summed E-state index contributed by atoms with van der Waals surface area (Å²) in [4.78, 5) is 34.5. The van der Waals surface area contributed by atoms with Crippen molar-refractivity contribution in [3.05, 3.63) is 33.9 Å². The predicted molar refractivity (Wildman–Crippen MR) is 68.6 cm³/mol. The number of nitro groups is 1. The lowest BCUT2D eigenvalue weighted by molar-refractivity contribution is -0.384. The summed E-state index contributed by atoms with van der Waals surface area (Å²) in [5.74, 6) is -0.996. The molecule has 1 aromatic carbocycles. The van der Waals surface area contributed by atoms with Crippen molar-refractivity contribution in [2.24, 2.45) is 0 Å². The van der Waals surface area contributed by atoms with E-state index in [0.717, 1.165) is 11.0 Å². The van der Waals surface area contributed by atoms with Crippen molar-refractivity contribution in [2.45, 2.75) is 0 Å². The van der Waals surface area contributed by atoms with Gasteiger partial charge in [0.2, 0.25) is 0 Å². The Bertz CT molecular complexity index is 543. The molecule has 0 unspecified atom stereocenters. The molecule has 0 spiro atoms. The SMILES string of the molecule is COC(=O)CN(C)C(=O)c1ccc([N+](=O)[O-])cc1OC. The van der Waals surface area contributed by atoms with Gasteiger partial charge in [0.25, 0.3) is 11.6 Å². The van der Waals surface area contributed by atoms with Gasteiger partial charge in [0.05, 0.1) is 30.8 Å². The van der Waals surface area contributed by atoms with Crippen molar-refractivity contribution in [3.8, 4) is 5.75 Å². The van der Waals surface area contributed by atoms with Crippen LogP contribution in [0.2, 0.25) is 0 Å². The van der Waals surface area contributed by atoms with Gasteiger partial charge in [0.15, 0.2) is 0 Å². The fourth-order valence-corrected chi connectivity index (χ4v) is 1.51. The van der Waals surface area contributed by atoms with Gasteiger partial charge in [-0.1, -0.05) is 0 Å². The third-order valence-electron chi connectivity index (χ3n) is 2.57. The fraction of sp³-hybridized carbons (Fsp3) is 0.333. The average molecular weight is 282 g/mol. The Kier molecular flexibility index (Phi) is 5.01. The lowest BCUT2D eigenvalue weighted by Crippen LogP contribution is -2.32. The maximum absolute atomic E-state index is 12.1. The molecule has 0 atom stereocenters. The minimum Gasteiger partial charge on any atom is -0.496 e. The average Bonchev–Trinajstić information content (AvgIpc) is 2.45. The first-order valence-electron chi connectivity index (χ1n) is 5.55. The van der Waals surface area contributed by atoms with Gasteiger partial charge < -0.3 is 14.4 Å². The van der Waals surface area contributed by atoms with E-state index in [0.29, 0.717) is 0 Å². The molecule has 1 amide bonds. The van der Waals surface area contributed by atoms with E-state index >= 15 is 0 Å². The second-order valence-corrected chi connectivity index (χ2v) is 3.88. The molecule has 108 valence electrons. The zero-order valence-corrected chi connectivity index (χ0v) is 11.3. The minimum absolute atomic E-state index is 0.0703. The number of nitro benzene ring substituents is 1. The predicted octanol–water partition coefficient (Wildman–Crippen LogP) is 0.848. The molecule has 0 N–H and O–H groups in total. The third kappa shape index (κ3) is 3.44. The molecule has 0 aliphatic heterocycles. The van der Waals surface area contributed by atoms with Gasteiger partial charge in [-0.2, -0.15) is 0 Å². The van der Waals surface area contributed by atoms with Crippen LogP contribution in [0.15, 0.2) is 18.2 Å². The number of benzene rings is 1. The molecule has 1 rings (SSSR count). The van der Waals surface area contributed by atoms with Crippen LogP contribution in [-0.4, -0.2) is 49.5 Å². The highest BCUT2D eigenvalue weighted by Crippen LogP contribution is 2.25. The molecule has 0 saturated carbocycles. The number of non-ortho nitro benzene ring substituents is 1. The van der Waals surface area contributed by atoms with Crippen molar-refractivity contribution in [1.82, 2.24) is 4.90 Å². The Morgan fingerprint density at radius 1 is 1.35 bits per heavy atom. The highest BCUT2D eigenvalue weighted by Gasteiger charge is 2.21. The summed E-state index contributed by atoms with van der Waals surface area (Å²) >= 11 is 0. The lowest BCUT2D eigenvalue weighted by atomic mass is 10.1. The Morgan fingerprint density at radius 2 is 2.00 bits per heavy atom. The van der Waals surface area contributed by atoms with E-state index in [2.05, 4.69) is 4.74 Å². The molecule has 0 heterocycles. The van der Waals surface area contributed by atoms with E-state index in [4.69, 9.17) is 4.74 Å². The number of methoxy groups -OCH3 is 2. The van der Waals surface area contributed by atoms with Crippen LogP contribution in [0.1, 0.15) is 10.4 Å². The van der Waals surface area contributed by atoms with Crippen LogP contribution in [0.3, 0.4) is 0 Å². The van der Waals surface area contributed by atoms with Gasteiger partial charge in [-0.25, -0.2) is 0 Å². The molecule has 20 heavy (non-hydrogen) atoms. The van der Waals surface area contributed by atoms with Gasteiger partial charge in [0, 0.05) is 13.1 Å². The Hall–Kier alpha value is -2.64. The summed E-state index contributed by atoms with van der Waals surface area (Å²) in [5, 5.41) is 10.7. The first kappa shape index (κ1) is 15.4. The number of rotatable bonds is 5. The molecule has 8 nitrogen and oxygen atoms in total. The van der Waals surface area contributed by atoms with Crippen LogP contribution >= 0.6 is 0 Å². The van der Waals surface area contributed by atoms with Crippen LogP contribution < -0.4 is 4.74 Å². The summed E-state index contributed by atoms with van der Waals surface area (Å²) in [5.41, 5.74) is -0.0569. The maximum Gasteiger partial charge on any atom is 0.325 e. The summed E-state index contributed by atoms with van der Waals surface area (Å²) in [6.07, 6.45) is 0. The van der Waals surface area contributed by atoms with E-state index in [9.17, 15) is 19.7 Å². The molecular weight excluding hydrogens is 268 g/mol. The quantitative estimate of drug-likeness (QED) is 0.451. The molecular formula is C12H14N2O6. The number of carbonyl (C=O) groups excluding carboxylic acids is 2. The van der Waals surface area contributed by atoms with Crippen molar-refractivity contribution in [1.29, 1.82) is 0 Å². The van der Waals surface area contributed by atoms with E-state index in [1.807, 2.05) is 0 Å². The molecule has 1 aromatic rings. The van der Waals surface area contributed by atoms with Crippen molar-refractivity contribution in [3.63, 3.8) is 0 Å². The second kappa shape index (κ2) is 6.50. The Morgan fingerprint density at radius 3 is 2.50 bits per heavy atom. The summed E-state index contributed by atoms with van der Waals surface area (Å²) in [7, 11) is 3.93. The fourth-order valence-electron chi connectivity index (χ4n) is 1.51. The number of amides is 1. The summed E-state index contributed by atoms with van der Waals surface area (Å²) < 4.78 is 9.43. The van der Waals surface area contributed by atoms with Gasteiger partial charge in [-0.15, -0.1) is 0 Å². The number of carbonyl (C=O) groups is 2. The number of esters is 1. The highest BCUT2D eigenvalue weighted by atomic mass is 16.6. The first-order valence-corrected chi connectivity index (χ1v) is 5.55. The molecule has 0 aromatic heterocycles. The topological polar surface area (TPSA) is 99.0 Å². The van der Waals surface area contributed by atoms with Crippen molar-refractivity contribution in [2.75, 3.05) is 27.8 Å². The van der Waals surface area contributed by atoms with E-state index < -0.39 is 16.8 Å². The summed E-state index contributed by atoms with van der Waals surface area (Å²) in [6.45, 7) is -0.227.